The van der Waals surface area contributed by atoms with Gasteiger partial charge >= 0.3 is 0 Å². The topological polar surface area (TPSA) is 210 Å². The first-order valence-corrected chi connectivity index (χ1v) is 18.0. The van der Waals surface area contributed by atoms with Crippen molar-refractivity contribution in [3.05, 3.63) is 96.6 Å². The van der Waals surface area contributed by atoms with Crippen molar-refractivity contribution in [3.8, 4) is 11.5 Å². The minimum atomic E-state index is -4.85. The van der Waals surface area contributed by atoms with Gasteiger partial charge in [0.2, 0.25) is 10.0 Å². The summed E-state index contributed by atoms with van der Waals surface area (Å²) in [6, 6.07) is 24.6. The van der Waals surface area contributed by atoms with Gasteiger partial charge in [0.25, 0.3) is 10.1 Å². The van der Waals surface area contributed by atoms with Crippen molar-refractivity contribution in [2.45, 2.75) is 16.7 Å². The molecule has 0 saturated heterocycles. The number of hydrogen-bond donors (Lipinski definition) is 6. The average molecular weight is 722 g/mol. The lowest BCUT2D eigenvalue weighted by Gasteiger charge is -2.20. The largest absolute Gasteiger partial charge is 0.505 e. The number of anilines is 4. The number of hydrogen-bond acceptors (Lipinski definition) is 12. The van der Waals surface area contributed by atoms with Crippen molar-refractivity contribution >= 4 is 65.0 Å². The lowest BCUT2D eigenvalue weighted by Crippen LogP contribution is -2.35. The molecule has 262 valence electrons. The molecule has 0 radical (unpaired) electrons. The Kier molecular flexibility index (Phi) is 11.0. The monoisotopic (exact) mass is 721 g/mol. The molecule has 0 bridgehead atoms. The van der Waals surface area contributed by atoms with E-state index in [1.54, 1.807) is 49.4 Å². The normalized spacial score (nSPS) is 12.1. The molecule has 0 amide bonds. The predicted octanol–water partition coefficient (Wildman–Crippen LogP) is 5.99. The molecule has 0 unspecified atom stereocenters. The van der Waals surface area contributed by atoms with Crippen LogP contribution in [0.5, 0.6) is 11.5 Å². The van der Waals surface area contributed by atoms with Crippen LogP contribution in [-0.4, -0.2) is 74.4 Å². The van der Waals surface area contributed by atoms with Gasteiger partial charge in [0.15, 0.2) is 5.75 Å². The zero-order chi connectivity index (χ0) is 36.1. The molecular weight excluding hydrogens is 687 g/mol. The first-order chi connectivity index (χ1) is 23.8. The highest BCUT2D eigenvalue weighted by Gasteiger charge is 2.24. The lowest BCUT2D eigenvalue weighted by molar-refractivity contribution is 0.217. The number of aliphatic hydroxyl groups is 2. The van der Waals surface area contributed by atoms with E-state index < -0.39 is 49.7 Å². The quantitative estimate of drug-likeness (QED) is 0.0580. The number of benzene rings is 5. The van der Waals surface area contributed by atoms with Crippen LogP contribution >= 0.6 is 0 Å². The number of sulfonamides is 1. The number of aliphatic hydroxyl groups excluding tert-OH is 2. The second-order valence-electron chi connectivity index (χ2n) is 11.0. The van der Waals surface area contributed by atoms with E-state index in [1.807, 2.05) is 30.3 Å². The van der Waals surface area contributed by atoms with Gasteiger partial charge in [-0.25, -0.2) is 8.42 Å². The third kappa shape index (κ3) is 8.02. The highest BCUT2D eigenvalue weighted by molar-refractivity contribution is 7.89. The third-order valence-corrected chi connectivity index (χ3v) is 10.4. The molecule has 0 aliphatic carbocycles. The number of azo groups is 1. The lowest BCUT2D eigenvalue weighted by atomic mass is 10.1. The van der Waals surface area contributed by atoms with Gasteiger partial charge in [0.05, 0.1) is 25.2 Å². The van der Waals surface area contributed by atoms with E-state index in [1.165, 1.54) is 25.3 Å². The summed E-state index contributed by atoms with van der Waals surface area (Å²) in [6.45, 7) is 0.664. The Balaban J connectivity index is 1.43. The minimum Gasteiger partial charge on any atom is -0.505 e. The van der Waals surface area contributed by atoms with E-state index in [0.29, 0.717) is 28.0 Å². The van der Waals surface area contributed by atoms with Crippen LogP contribution in [0, 0.1) is 6.92 Å². The van der Waals surface area contributed by atoms with E-state index in [-0.39, 0.29) is 34.8 Å². The molecule has 5 aromatic carbocycles. The van der Waals surface area contributed by atoms with Gasteiger partial charge in [0.1, 0.15) is 22.0 Å². The van der Waals surface area contributed by atoms with Gasteiger partial charge in [-0.3, -0.25) is 4.55 Å². The van der Waals surface area contributed by atoms with Gasteiger partial charge < -0.3 is 30.7 Å². The number of fused-ring (bicyclic) bond motifs is 1. The van der Waals surface area contributed by atoms with Crippen LogP contribution in [0.1, 0.15) is 5.56 Å². The van der Waals surface area contributed by atoms with Crippen molar-refractivity contribution in [2.24, 2.45) is 10.2 Å². The fourth-order valence-electron chi connectivity index (χ4n) is 5.15. The number of para-hydroxylation sites is 1. The SMILES string of the molecule is COc1cc(Nc2ccc(S(=O)(=O)N(CCO)CCO)cc2)c(C)cc1/N=N/c1c(S(=O)(=O)O)cc2cc(Nc3ccccc3)ccc2c1O. The smallest absolute Gasteiger partial charge is 0.296 e. The molecule has 0 heterocycles. The van der Waals surface area contributed by atoms with Gasteiger partial charge in [0, 0.05) is 47.3 Å². The summed E-state index contributed by atoms with van der Waals surface area (Å²) < 4.78 is 67.3. The third-order valence-electron chi connectivity index (χ3n) is 7.64. The molecule has 5 aromatic rings. The van der Waals surface area contributed by atoms with Gasteiger partial charge in [-0.2, -0.15) is 12.7 Å². The van der Waals surface area contributed by atoms with Crippen molar-refractivity contribution in [3.63, 3.8) is 0 Å². The molecule has 0 aliphatic rings. The second kappa shape index (κ2) is 15.2. The number of ether oxygens (including phenoxy) is 1. The van der Waals surface area contributed by atoms with Crippen LogP contribution in [0.2, 0.25) is 0 Å². The van der Waals surface area contributed by atoms with Crippen molar-refractivity contribution in [1.82, 2.24) is 4.31 Å². The van der Waals surface area contributed by atoms with Crippen LogP contribution in [0.3, 0.4) is 0 Å². The number of nitrogens with one attached hydrogen (secondary N) is 2. The van der Waals surface area contributed by atoms with Gasteiger partial charge in [-0.05, 0) is 84.6 Å². The highest BCUT2D eigenvalue weighted by Crippen LogP contribution is 2.43. The van der Waals surface area contributed by atoms with Crippen LogP contribution < -0.4 is 15.4 Å². The Morgan fingerprint density at radius 2 is 1.42 bits per heavy atom. The van der Waals surface area contributed by atoms with E-state index in [0.717, 1.165) is 9.99 Å². The Hall–Kier alpha value is -5.10. The van der Waals surface area contributed by atoms with Crippen molar-refractivity contribution < 1.29 is 41.4 Å². The van der Waals surface area contributed by atoms with Gasteiger partial charge in [-0.1, -0.05) is 18.2 Å². The first-order valence-electron chi connectivity index (χ1n) is 15.1. The number of methoxy groups -OCH3 is 1. The maximum atomic E-state index is 12.9. The molecule has 16 heteroatoms. The molecule has 0 aromatic heterocycles. The first kappa shape index (κ1) is 36.2. The Bertz CT molecular complexity index is 2240. The van der Waals surface area contributed by atoms with Crippen LogP contribution in [0.25, 0.3) is 10.8 Å². The van der Waals surface area contributed by atoms with Gasteiger partial charge in [-0.15, -0.1) is 10.2 Å². The van der Waals surface area contributed by atoms with Crippen LogP contribution in [0.15, 0.2) is 111 Å². The summed E-state index contributed by atoms with van der Waals surface area (Å²) in [5.74, 6) is -0.268. The molecule has 0 saturated carbocycles. The molecule has 50 heavy (non-hydrogen) atoms. The molecule has 0 aliphatic heterocycles. The van der Waals surface area contributed by atoms with Crippen LogP contribution in [-0.2, 0) is 20.1 Å². The maximum absolute atomic E-state index is 12.9. The van der Waals surface area contributed by atoms with Crippen molar-refractivity contribution in [1.29, 1.82) is 0 Å². The second-order valence-corrected chi connectivity index (χ2v) is 14.3. The highest BCUT2D eigenvalue weighted by atomic mass is 32.2. The standard InChI is InChI=1S/C34H35N5O9S2/c1-22-18-30(31(48-2)21-29(22)36-25-8-11-27(12-9-25)49(43,44)39(14-16-40)15-17-41)37-38-33-32(50(45,46)47)20-23-19-26(10-13-28(23)34(33)42)35-24-6-4-3-5-7-24/h3-13,18-21,35-36,40-42H,14-17H2,1-2H3,(H,45,46,47)/b38-37+. The number of rotatable bonds is 14. The van der Waals surface area contributed by atoms with E-state index in [9.17, 15) is 36.7 Å². The fourth-order valence-corrected chi connectivity index (χ4v) is 7.23. The molecule has 5 rings (SSSR count). The predicted molar refractivity (Wildman–Crippen MR) is 190 cm³/mol. The molecular formula is C34H35N5O9S2. The Morgan fingerprint density at radius 1 is 0.780 bits per heavy atom. The van der Waals surface area contributed by atoms with Crippen molar-refractivity contribution in [2.75, 3.05) is 44.0 Å². The van der Waals surface area contributed by atoms with E-state index in [2.05, 4.69) is 20.9 Å². The van der Waals surface area contributed by atoms with Crippen LogP contribution in [0.4, 0.5) is 34.1 Å². The molecule has 6 N–H and O–H groups in total. The van der Waals surface area contributed by atoms with E-state index in [4.69, 9.17) is 4.74 Å². The number of aryl methyl sites for hydroxylation is 1. The molecule has 14 nitrogen and oxygen atoms in total. The fraction of sp³-hybridized carbons (Fsp3) is 0.176. The number of phenols is 1. The summed E-state index contributed by atoms with van der Waals surface area (Å²) in [5.41, 5.74) is 2.92. The number of phenolic OH excluding ortho intramolecular Hbond substituents is 1. The zero-order valence-corrected chi connectivity index (χ0v) is 28.6. The maximum Gasteiger partial charge on any atom is 0.296 e. The summed E-state index contributed by atoms with van der Waals surface area (Å²) in [7, 11) is -7.39. The zero-order valence-electron chi connectivity index (χ0n) is 27.0. The van der Waals surface area contributed by atoms with E-state index >= 15 is 0 Å². The Morgan fingerprint density at radius 3 is 2.04 bits per heavy atom. The molecule has 0 spiro atoms. The summed E-state index contributed by atoms with van der Waals surface area (Å²) in [6.07, 6.45) is 0. The minimum absolute atomic E-state index is 0.0134. The summed E-state index contributed by atoms with van der Waals surface area (Å²) in [5, 5.41) is 44.8. The summed E-state index contributed by atoms with van der Waals surface area (Å²) >= 11 is 0. The Labute approximate surface area is 289 Å². The average Bonchev–Trinajstić information content (AvgIpc) is 3.09. The summed E-state index contributed by atoms with van der Waals surface area (Å²) in [4.78, 5) is -0.654. The molecule has 0 fully saturated rings. The molecule has 0 atom stereocenters. The number of aromatic hydroxyl groups is 1. The number of nitrogens with zero attached hydrogens (tertiary/aromatic N) is 3.